The van der Waals surface area contributed by atoms with Crippen molar-refractivity contribution in [2.75, 3.05) is 0 Å². The van der Waals surface area contributed by atoms with Gasteiger partial charge in [-0.25, -0.2) is 4.79 Å². The van der Waals surface area contributed by atoms with E-state index in [4.69, 9.17) is 4.74 Å². The fraction of sp³-hybridized carbons (Fsp3) is 0.778. The van der Waals surface area contributed by atoms with E-state index in [1.54, 1.807) is 0 Å². The summed E-state index contributed by atoms with van der Waals surface area (Å²) >= 11 is 0. The van der Waals surface area contributed by atoms with E-state index in [9.17, 15) is 4.79 Å². The molecule has 0 bridgehead atoms. The third-order valence-electron chi connectivity index (χ3n) is 1.59. The molecular weight excluding hydrogens is 210 g/mol. The lowest BCUT2D eigenvalue weighted by molar-refractivity contribution is 0.128. The van der Waals surface area contributed by atoms with Crippen LogP contribution in [0.1, 0.15) is 33.5 Å². The Balaban J connectivity index is 2.37. The zero-order valence-electron chi connectivity index (χ0n) is 10.0. The van der Waals surface area contributed by atoms with Crippen molar-refractivity contribution < 1.29 is 9.53 Å². The lowest BCUT2D eigenvalue weighted by Gasteiger charge is -2.19. The maximum atomic E-state index is 11.3. The number of alkyl carbamates (subject to hydrolysis) is 1. The van der Waals surface area contributed by atoms with Gasteiger partial charge in [-0.3, -0.25) is 0 Å². The quantitative estimate of drug-likeness (QED) is 0.822. The van der Waals surface area contributed by atoms with Gasteiger partial charge in [-0.15, -0.1) is 10.2 Å². The number of carbonyl (C=O) groups is 1. The maximum absolute atomic E-state index is 11.3. The molecule has 0 radical (unpaired) electrons. The molecule has 0 fully saturated rings. The van der Waals surface area contributed by atoms with E-state index in [1.165, 1.54) is 4.80 Å². The van der Waals surface area contributed by atoms with Crippen LogP contribution in [0.3, 0.4) is 0 Å². The predicted octanol–water partition coefficient (Wildman–Crippen LogP) is 0.718. The lowest BCUT2D eigenvalue weighted by atomic mass is 10.1. The normalized spacial score (nSPS) is 11.2. The first-order chi connectivity index (χ1) is 7.40. The number of hydrogen-bond acceptors (Lipinski definition) is 5. The Hall–Kier alpha value is -1.66. The summed E-state index contributed by atoms with van der Waals surface area (Å²) in [5.74, 6) is 0.394. The number of tetrazole rings is 1. The Morgan fingerprint density at radius 1 is 1.50 bits per heavy atom. The van der Waals surface area contributed by atoms with Crippen LogP contribution in [0.2, 0.25) is 0 Å². The second-order valence-corrected chi connectivity index (χ2v) is 4.35. The van der Waals surface area contributed by atoms with Crippen molar-refractivity contribution >= 4 is 6.09 Å². The topological polar surface area (TPSA) is 81.9 Å². The van der Waals surface area contributed by atoms with Gasteiger partial charge in [-0.05, 0) is 32.9 Å². The van der Waals surface area contributed by atoms with Gasteiger partial charge in [0.15, 0.2) is 6.61 Å². The Kier molecular flexibility index (Phi) is 3.81. The van der Waals surface area contributed by atoms with Crippen molar-refractivity contribution in [2.45, 2.75) is 46.4 Å². The van der Waals surface area contributed by atoms with E-state index in [0.717, 1.165) is 0 Å². The zero-order valence-corrected chi connectivity index (χ0v) is 10.0. The van der Waals surface area contributed by atoms with Crippen LogP contribution in [0, 0.1) is 0 Å². The molecule has 0 aliphatic rings. The van der Waals surface area contributed by atoms with Crippen LogP contribution in [0.4, 0.5) is 4.79 Å². The van der Waals surface area contributed by atoms with Crippen molar-refractivity contribution in [3.05, 3.63) is 5.82 Å². The molecule has 1 N–H and O–H groups in total. The van der Waals surface area contributed by atoms with Crippen LogP contribution in [-0.4, -0.2) is 31.8 Å². The third kappa shape index (κ3) is 4.24. The Labute approximate surface area is 94.2 Å². The fourth-order valence-corrected chi connectivity index (χ4v) is 0.941. The van der Waals surface area contributed by atoms with Gasteiger partial charge in [0.25, 0.3) is 0 Å². The SMILES string of the molecule is CCn1nnc(COC(=O)NC(C)(C)C)n1. The number of carbonyl (C=O) groups excluding carboxylic acids is 1. The number of aromatic nitrogens is 4. The minimum atomic E-state index is -0.486. The van der Waals surface area contributed by atoms with Crippen LogP contribution in [0.25, 0.3) is 0 Å². The number of amides is 1. The summed E-state index contributed by atoms with van der Waals surface area (Å²) in [6, 6.07) is 0. The van der Waals surface area contributed by atoms with Gasteiger partial charge in [-0.1, -0.05) is 0 Å². The second kappa shape index (κ2) is 4.91. The number of ether oxygens (including phenoxy) is 1. The molecule has 1 rings (SSSR count). The smallest absolute Gasteiger partial charge is 0.407 e. The van der Waals surface area contributed by atoms with Crippen LogP contribution < -0.4 is 5.32 Å². The number of aryl methyl sites for hydroxylation is 1. The summed E-state index contributed by atoms with van der Waals surface area (Å²) in [5.41, 5.74) is -0.314. The first-order valence-corrected chi connectivity index (χ1v) is 5.12. The van der Waals surface area contributed by atoms with Crippen LogP contribution in [0.5, 0.6) is 0 Å². The molecule has 1 aromatic rings. The van der Waals surface area contributed by atoms with Crippen molar-refractivity contribution in [3.8, 4) is 0 Å². The highest BCUT2D eigenvalue weighted by Crippen LogP contribution is 2.00. The summed E-state index contributed by atoms with van der Waals surface area (Å²) in [4.78, 5) is 12.7. The largest absolute Gasteiger partial charge is 0.441 e. The summed E-state index contributed by atoms with van der Waals surface area (Å²) in [6.07, 6.45) is -0.486. The molecular formula is C9H17N5O2. The standard InChI is InChI=1S/C9H17N5O2/c1-5-14-12-7(11-13-14)6-16-8(15)10-9(2,3)4/h5-6H2,1-4H3,(H,10,15). The Morgan fingerprint density at radius 3 is 2.69 bits per heavy atom. The van der Waals surface area contributed by atoms with Crippen molar-refractivity contribution in [2.24, 2.45) is 0 Å². The van der Waals surface area contributed by atoms with Gasteiger partial charge < -0.3 is 10.1 Å². The van der Waals surface area contributed by atoms with Crippen molar-refractivity contribution in [1.82, 2.24) is 25.5 Å². The zero-order chi connectivity index (χ0) is 12.2. The average molecular weight is 227 g/mol. The van der Waals surface area contributed by atoms with Gasteiger partial charge in [0.1, 0.15) is 0 Å². The third-order valence-corrected chi connectivity index (χ3v) is 1.59. The first kappa shape index (κ1) is 12.4. The van der Waals surface area contributed by atoms with E-state index in [1.807, 2.05) is 27.7 Å². The molecule has 0 unspecified atom stereocenters. The molecule has 7 nitrogen and oxygen atoms in total. The molecule has 0 atom stereocenters. The second-order valence-electron chi connectivity index (χ2n) is 4.35. The van der Waals surface area contributed by atoms with Gasteiger partial charge in [0, 0.05) is 5.54 Å². The number of rotatable bonds is 3. The molecule has 0 aromatic carbocycles. The molecule has 0 spiro atoms. The number of hydrogen-bond donors (Lipinski definition) is 1. The number of nitrogens with one attached hydrogen (secondary N) is 1. The predicted molar refractivity (Wildman–Crippen MR) is 56.6 cm³/mol. The summed E-state index contributed by atoms with van der Waals surface area (Å²) < 4.78 is 4.93. The summed E-state index contributed by atoms with van der Waals surface area (Å²) in [6.45, 7) is 8.20. The summed E-state index contributed by atoms with van der Waals surface area (Å²) in [5, 5.41) is 14.1. The Bertz CT molecular complexity index is 355. The van der Waals surface area contributed by atoms with E-state index in [0.29, 0.717) is 12.4 Å². The molecule has 0 saturated heterocycles. The Morgan fingerprint density at radius 2 is 2.19 bits per heavy atom. The van der Waals surface area contributed by atoms with Gasteiger partial charge in [0.2, 0.25) is 5.82 Å². The van der Waals surface area contributed by atoms with Crippen LogP contribution in [-0.2, 0) is 17.9 Å². The maximum Gasteiger partial charge on any atom is 0.407 e. The molecule has 1 aromatic heterocycles. The van der Waals surface area contributed by atoms with Crippen LogP contribution >= 0.6 is 0 Å². The van der Waals surface area contributed by atoms with Crippen molar-refractivity contribution in [3.63, 3.8) is 0 Å². The van der Waals surface area contributed by atoms with Gasteiger partial charge in [-0.2, -0.15) is 4.80 Å². The fourth-order valence-electron chi connectivity index (χ4n) is 0.941. The molecule has 90 valence electrons. The van der Waals surface area contributed by atoms with E-state index in [2.05, 4.69) is 20.7 Å². The molecule has 16 heavy (non-hydrogen) atoms. The highest BCUT2D eigenvalue weighted by atomic mass is 16.5. The van der Waals surface area contributed by atoms with E-state index in [-0.39, 0.29) is 12.1 Å². The molecule has 7 heteroatoms. The van der Waals surface area contributed by atoms with E-state index < -0.39 is 6.09 Å². The monoisotopic (exact) mass is 227 g/mol. The molecule has 0 aliphatic carbocycles. The highest BCUT2D eigenvalue weighted by molar-refractivity contribution is 5.67. The number of nitrogens with zero attached hydrogens (tertiary/aromatic N) is 4. The van der Waals surface area contributed by atoms with Gasteiger partial charge >= 0.3 is 6.09 Å². The highest BCUT2D eigenvalue weighted by Gasteiger charge is 2.15. The van der Waals surface area contributed by atoms with Crippen LogP contribution in [0.15, 0.2) is 0 Å². The first-order valence-electron chi connectivity index (χ1n) is 5.12. The minimum Gasteiger partial charge on any atom is -0.441 e. The summed E-state index contributed by atoms with van der Waals surface area (Å²) in [7, 11) is 0. The van der Waals surface area contributed by atoms with E-state index >= 15 is 0 Å². The molecule has 1 amide bonds. The molecule has 0 saturated carbocycles. The minimum absolute atomic E-state index is 0.0297. The van der Waals surface area contributed by atoms with Crippen molar-refractivity contribution in [1.29, 1.82) is 0 Å². The average Bonchev–Trinajstić information content (AvgIpc) is 2.59. The molecule has 0 aliphatic heterocycles. The van der Waals surface area contributed by atoms with Gasteiger partial charge in [0.05, 0.1) is 6.54 Å². The molecule has 1 heterocycles. The lowest BCUT2D eigenvalue weighted by Crippen LogP contribution is -2.40.